The molecular formula is C12H10N4O. The zero-order valence-electron chi connectivity index (χ0n) is 9.21. The smallest absolute Gasteiger partial charge is 0.271 e. The number of imidazole rings is 1. The highest BCUT2D eigenvalue weighted by molar-refractivity contribution is 5.91. The molecule has 1 N–H and O–H groups in total. The van der Waals surface area contributed by atoms with Gasteiger partial charge in [-0.1, -0.05) is 0 Å². The Morgan fingerprint density at radius 2 is 2.12 bits per heavy atom. The molecule has 0 spiro atoms. The number of hydrogen-bond acceptors (Lipinski definition) is 3. The number of carbonyl (C=O) groups excluding carboxylic acids is 1. The van der Waals surface area contributed by atoms with E-state index in [9.17, 15) is 4.79 Å². The van der Waals surface area contributed by atoms with Crippen LogP contribution in [-0.4, -0.2) is 22.5 Å². The van der Waals surface area contributed by atoms with Gasteiger partial charge in [0.15, 0.2) is 0 Å². The molecule has 1 heterocycles. The van der Waals surface area contributed by atoms with Crippen LogP contribution >= 0.6 is 0 Å². The minimum Gasteiger partial charge on any atom is -0.354 e. The lowest BCUT2D eigenvalue weighted by molar-refractivity contribution is 0.0958. The lowest BCUT2D eigenvalue weighted by Crippen LogP contribution is -2.17. The maximum atomic E-state index is 11.3. The van der Waals surface area contributed by atoms with E-state index in [1.165, 1.54) is 0 Å². The zero-order valence-corrected chi connectivity index (χ0v) is 9.21. The predicted octanol–water partition coefficient (Wildman–Crippen LogP) is 1.10. The van der Waals surface area contributed by atoms with Crippen LogP contribution in [0.4, 0.5) is 0 Å². The summed E-state index contributed by atoms with van der Waals surface area (Å²) in [4.78, 5) is 15.3. The van der Waals surface area contributed by atoms with Crippen molar-refractivity contribution in [3.05, 3.63) is 48.0 Å². The van der Waals surface area contributed by atoms with Crippen molar-refractivity contribution in [1.82, 2.24) is 14.9 Å². The van der Waals surface area contributed by atoms with E-state index in [1.807, 2.05) is 6.07 Å². The van der Waals surface area contributed by atoms with Crippen LogP contribution in [0.2, 0.25) is 0 Å². The molecule has 0 unspecified atom stereocenters. The fourth-order valence-electron chi connectivity index (χ4n) is 1.42. The van der Waals surface area contributed by atoms with E-state index in [4.69, 9.17) is 5.26 Å². The molecule has 0 aliphatic heterocycles. The molecule has 5 heteroatoms. The second kappa shape index (κ2) is 4.49. The van der Waals surface area contributed by atoms with Gasteiger partial charge in [0.05, 0.1) is 11.6 Å². The summed E-state index contributed by atoms with van der Waals surface area (Å²) in [6.45, 7) is 0. The summed E-state index contributed by atoms with van der Waals surface area (Å²) in [7, 11) is 1.56. The monoisotopic (exact) mass is 226 g/mol. The number of nitrogens with one attached hydrogen (secondary N) is 1. The van der Waals surface area contributed by atoms with E-state index in [0.717, 1.165) is 5.69 Å². The van der Waals surface area contributed by atoms with Gasteiger partial charge in [0.2, 0.25) is 0 Å². The van der Waals surface area contributed by atoms with Crippen molar-refractivity contribution >= 4 is 5.91 Å². The van der Waals surface area contributed by atoms with Crippen LogP contribution in [0, 0.1) is 11.3 Å². The van der Waals surface area contributed by atoms with Crippen LogP contribution in [0.5, 0.6) is 0 Å². The van der Waals surface area contributed by atoms with Gasteiger partial charge in [0.25, 0.3) is 5.91 Å². The number of carbonyl (C=O) groups is 1. The molecule has 0 radical (unpaired) electrons. The Hall–Kier alpha value is -2.61. The zero-order chi connectivity index (χ0) is 12.3. The number of amides is 1. The van der Waals surface area contributed by atoms with Gasteiger partial charge in [-0.2, -0.15) is 5.26 Å². The summed E-state index contributed by atoms with van der Waals surface area (Å²) < 4.78 is 1.73. The van der Waals surface area contributed by atoms with Crippen LogP contribution in [0.3, 0.4) is 0 Å². The number of nitrogens with zero attached hydrogens (tertiary/aromatic N) is 3. The molecule has 0 fully saturated rings. The Bertz CT molecular complexity index is 577. The molecular weight excluding hydrogens is 216 g/mol. The Morgan fingerprint density at radius 3 is 2.71 bits per heavy atom. The molecule has 2 aromatic rings. The molecule has 1 aromatic carbocycles. The van der Waals surface area contributed by atoms with Crippen molar-refractivity contribution in [2.24, 2.45) is 0 Å². The summed E-state index contributed by atoms with van der Waals surface area (Å²) in [5, 5.41) is 11.2. The largest absolute Gasteiger partial charge is 0.354 e. The lowest BCUT2D eigenvalue weighted by atomic mass is 10.2. The van der Waals surface area contributed by atoms with Crippen molar-refractivity contribution in [3.63, 3.8) is 0 Å². The molecule has 1 amide bonds. The number of hydrogen-bond donors (Lipinski definition) is 1. The van der Waals surface area contributed by atoms with Gasteiger partial charge in [-0.05, 0) is 24.3 Å². The van der Waals surface area contributed by atoms with Crippen LogP contribution < -0.4 is 5.32 Å². The minimum atomic E-state index is -0.225. The molecule has 0 saturated heterocycles. The molecule has 5 nitrogen and oxygen atoms in total. The number of rotatable bonds is 2. The third-order valence-electron chi connectivity index (χ3n) is 2.34. The molecule has 0 bridgehead atoms. The maximum absolute atomic E-state index is 11.3. The summed E-state index contributed by atoms with van der Waals surface area (Å²) in [6.07, 6.45) is 3.20. The summed E-state index contributed by atoms with van der Waals surface area (Å²) in [6, 6.07) is 9.08. The van der Waals surface area contributed by atoms with Crippen molar-refractivity contribution in [3.8, 4) is 11.8 Å². The molecule has 0 saturated carbocycles. The first-order valence-electron chi connectivity index (χ1n) is 5.01. The van der Waals surface area contributed by atoms with Crippen molar-refractivity contribution in [2.75, 3.05) is 7.05 Å². The normalized spacial score (nSPS) is 9.65. The highest BCUT2D eigenvalue weighted by atomic mass is 16.1. The van der Waals surface area contributed by atoms with Gasteiger partial charge in [-0.15, -0.1) is 0 Å². The first kappa shape index (κ1) is 10.9. The van der Waals surface area contributed by atoms with Gasteiger partial charge in [0, 0.05) is 18.9 Å². The Kier molecular flexibility index (Phi) is 2.88. The quantitative estimate of drug-likeness (QED) is 0.833. The third-order valence-corrected chi connectivity index (χ3v) is 2.34. The fraction of sp³-hybridized carbons (Fsp3) is 0.0833. The fourth-order valence-corrected chi connectivity index (χ4v) is 1.42. The topological polar surface area (TPSA) is 70.7 Å². The van der Waals surface area contributed by atoms with Gasteiger partial charge >= 0.3 is 0 Å². The molecule has 1 aromatic heterocycles. The Morgan fingerprint density at radius 1 is 1.41 bits per heavy atom. The Labute approximate surface area is 98.3 Å². The van der Waals surface area contributed by atoms with Crippen molar-refractivity contribution < 1.29 is 4.79 Å². The number of nitriles is 1. The highest BCUT2D eigenvalue weighted by Crippen LogP contribution is 2.10. The van der Waals surface area contributed by atoms with Crippen molar-refractivity contribution in [2.45, 2.75) is 0 Å². The molecule has 17 heavy (non-hydrogen) atoms. The summed E-state index contributed by atoms with van der Waals surface area (Å²) >= 11 is 0. The van der Waals surface area contributed by atoms with Crippen LogP contribution in [0.15, 0.2) is 36.8 Å². The van der Waals surface area contributed by atoms with E-state index in [1.54, 1.807) is 48.4 Å². The first-order valence-corrected chi connectivity index (χ1v) is 5.01. The van der Waals surface area contributed by atoms with E-state index >= 15 is 0 Å². The summed E-state index contributed by atoms with van der Waals surface area (Å²) in [5.41, 5.74) is 1.81. The van der Waals surface area contributed by atoms with Gasteiger partial charge in [0.1, 0.15) is 12.0 Å². The first-order chi connectivity index (χ1) is 8.24. The standard InChI is InChI=1S/C12H10N4O/c1-14-12(17)11-7-16(8-15-11)10-4-2-9(6-13)3-5-10/h2-5,7-8H,1H3,(H,14,17). The second-order valence-electron chi connectivity index (χ2n) is 3.40. The minimum absolute atomic E-state index is 0.225. The third kappa shape index (κ3) is 2.16. The van der Waals surface area contributed by atoms with E-state index in [0.29, 0.717) is 11.3 Å². The average molecular weight is 226 g/mol. The average Bonchev–Trinajstić information content (AvgIpc) is 2.87. The second-order valence-corrected chi connectivity index (χ2v) is 3.40. The molecule has 0 aliphatic rings. The van der Waals surface area contributed by atoms with E-state index < -0.39 is 0 Å². The van der Waals surface area contributed by atoms with Gasteiger partial charge in [-0.3, -0.25) is 4.79 Å². The van der Waals surface area contributed by atoms with Crippen LogP contribution in [0.25, 0.3) is 5.69 Å². The molecule has 2 rings (SSSR count). The van der Waals surface area contributed by atoms with E-state index in [2.05, 4.69) is 10.3 Å². The predicted molar refractivity (Wildman–Crippen MR) is 61.7 cm³/mol. The molecule has 0 atom stereocenters. The Balaban J connectivity index is 2.31. The van der Waals surface area contributed by atoms with Crippen LogP contribution in [0.1, 0.15) is 16.1 Å². The van der Waals surface area contributed by atoms with Crippen molar-refractivity contribution in [1.29, 1.82) is 5.26 Å². The van der Waals surface area contributed by atoms with Gasteiger partial charge < -0.3 is 9.88 Å². The van der Waals surface area contributed by atoms with E-state index in [-0.39, 0.29) is 5.91 Å². The summed E-state index contributed by atoms with van der Waals surface area (Å²) in [5.74, 6) is -0.225. The molecule has 84 valence electrons. The lowest BCUT2D eigenvalue weighted by Gasteiger charge is -2.00. The number of aromatic nitrogens is 2. The van der Waals surface area contributed by atoms with Gasteiger partial charge in [-0.25, -0.2) is 4.98 Å². The number of benzene rings is 1. The highest BCUT2D eigenvalue weighted by Gasteiger charge is 2.07. The molecule has 0 aliphatic carbocycles. The maximum Gasteiger partial charge on any atom is 0.271 e. The van der Waals surface area contributed by atoms with Crippen LogP contribution in [-0.2, 0) is 0 Å². The SMILES string of the molecule is CNC(=O)c1cn(-c2ccc(C#N)cc2)cn1.